The SMILES string of the molecule is CCC(=O)Oc1cnc2c(nnn2C)c1C. The van der Waals surface area contributed by atoms with Gasteiger partial charge in [-0.05, 0) is 6.92 Å². The number of ether oxygens (including phenoxy) is 1. The van der Waals surface area contributed by atoms with Gasteiger partial charge in [0.1, 0.15) is 5.52 Å². The van der Waals surface area contributed by atoms with E-state index in [9.17, 15) is 4.79 Å². The minimum absolute atomic E-state index is 0.284. The molecule has 0 N–H and O–H groups in total. The Morgan fingerprint density at radius 2 is 2.31 bits per heavy atom. The van der Waals surface area contributed by atoms with Crippen molar-refractivity contribution in [3.63, 3.8) is 0 Å². The molecule has 6 nitrogen and oxygen atoms in total. The molecule has 0 amide bonds. The fraction of sp³-hybridized carbons (Fsp3) is 0.400. The van der Waals surface area contributed by atoms with Gasteiger partial charge in [-0.3, -0.25) is 4.79 Å². The summed E-state index contributed by atoms with van der Waals surface area (Å²) in [6.45, 7) is 3.57. The van der Waals surface area contributed by atoms with Crippen molar-refractivity contribution in [2.75, 3.05) is 0 Å². The van der Waals surface area contributed by atoms with Crippen molar-refractivity contribution in [1.29, 1.82) is 0 Å². The van der Waals surface area contributed by atoms with Crippen LogP contribution in [0.1, 0.15) is 18.9 Å². The topological polar surface area (TPSA) is 69.9 Å². The van der Waals surface area contributed by atoms with Gasteiger partial charge in [0.2, 0.25) is 0 Å². The summed E-state index contributed by atoms with van der Waals surface area (Å²) in [5.41, 5.74) is 2.11. The van der Waals surface area contributed by atoms with Crippen LogP contribution in [-0.2, 0) is 11.8 Å². The molecule has 0 aliphatic carbocycles. The second kappa shape index (κ2) is 3.88. The van der Waals surface area contributed by atoms with E-state index in [1.165, 1.54) is 6.20 Å². The summed E-state index contributed by atoms with van der Waals surface area (Å²) in [6.07, 6.45) is 1.85. The molecule has 0 radical (unpaired) electrons. The minimum Gasteiger partial charge on any atom is -0.425 e. The van der Waals surface area contributed by atoms with E-state index in [4.69, 9.17) is 4.74 Å². The molecule has 0 unspecified atom stereocenters. The fourth-order valence-corrected chi connectivity index (χ4v) is 1.37. The Balaban J connectivity index is 2.48. The van der Waals surface area contributed by atoms with Gasteiger partial charge in [0.15, 0.2) is 11.4 Å². The molecule has 0 atom stereocenters. The van der Waals surface area contributed by atoms with Crippen molar-refractivity contribution in [2.24, 2.45) is 7.05 Å². The van der Waals surface area contributed by atoms with Gasteiger partial charge in [-0.1, -0.05) is 12.1 Å². The van der Waals surface area contributed by atoms with Crippen LogP contribution in [0.25, 0.3) is 11.2 Å². The first kappa shape index (κ1) is 10.5. The maximum absolute atomic E-state index is 11.2. The Morgan fingerprint density at radius 3 is 3.00 bits per heavy atom. The van der Waals surface area contributed by atoms with E-state index < -0.39 is 0 Å². The Labute approximate surface area is 92.2 Å². The fourth-order valence-electron chi connectivity index (χ4n) is 1.37. The number of fused-ring (bicyclic) bond motifs is 1. The highest BCUT2D eigenvalue weighted by atomic mass is 16.5. The van der Waals surface area contributed by atoms with E-state index in [-0.39, 0.29) is 5.97 Å². The molecular weight excluding hydrogens is 208 g/mol. The molecule has 0 aliphatic heterocycles. The molecule has 0 aromatic carbocycles. The van der Waals surface area contributed by atoms with E-state index in [0.717, 1.165) is 5.56 Å². The largest absolute Gasteiger partial charge is 0.425 e. The predicted molar refractivity (Wildman–Crippen MR) is 57.0 cm³/mol. The number of rotatable bonds is 2. The Hall–Kier alpha value is -1.98. The third-order valence-corrected chi connectivity index (χ3v) is 2.34. The number of aromatic nitrogens is 4. The lowest BCUT2D eigenvalue weighted by molar-refractivity contribution is -0.134. The maximum Gasteiger partial charge on any atom is 0.310 e. The normalized spacial score (nSPS) is 10.7. The van der Waals surface area contributed by atoms with Gasteiger partial charge in [0.05, 0.1) is 6.20 Å². The highest BCUT2D eigenvalue weighted by Gasteiger charge is 2.12. The molecule has 2 aromatic heterocycles. The molecule has 2 aromatic rings. The van der Waals surface area contributed by atoms with Crippen LogP contribution in [-0.4, -0.2) is 25.9 Å². The summed E-state index contributed by atoms with van der Waals surface area (Å²) >= 11 is 0. The lowest BCUT2D eigenvalue weighted by atomic mass is 10.2. The molecule has 2 rings (SSSR count). The Morgan fingerprint density at radius 1 is 1.56 bits per heavy atom. The summed E-state index contributed by atoms with van der Waals surface area (Å²) < 4.78 is 6.71. The molecule has 2 heterocycles. The number of nitrogens with zero attached hydrogens (tertiary/aromatic N) is 4. The quantitative estimate of drug-likeness (QED) is 0.706. The van der Waals surface area contributed by atoms with Crippen molar-refractivity contribution >= 4 is 17.1 Å². The average Bonchev–Trinajstić information content (AvgIpc) is 2.65. The van der Waals surface area contributed by atoms with Crippen LogP contribution in [0.4, 0.5) is 0 Å². The maximum atomic E-state index is 11.2. The van der Waals surface area contributed by atoms with Crippen LogP contribution in [0.5, 0.6) is 5.75 Å². The van der Waals surface area contributed by atoms with E-state index in [0.29, 0.717) is 23.3 Å². The molecule has 0 spiro atoms. The Bertz CT molecular complexity index is 547. The van der Waals surface area contributed by atoms with E-state index in [1.54, 1.807) is 18.7 Å². The van der Waals surface area contributed by atoms with E-state index >= 15 is 0 Å². The minimum atomic E-state index is -0.284. The molecule has 0 saturated heterocycles. The summed E-state index contributed by atoms with van der Waals surface area (Å²) in [7, 11) is 1.76. The van der Waals surface area contributed by atoms with Gasteiger partial charge in [-0.2, -0.15) is 0 Å². The molecule has 0 aliphatic rings. The van der Waals surface area contributed by atoms with Crippen molar-refractivity contribution in [3.8, 4) is 5.75 Å². The van der Waals surface area contributed by atoms with Crippen molar-refractivity contribution < 1.29 is 9.53 Å². The van der Waals surface area contributed by atoms with Crippen LogP contribution >= 0.6 is 0 Å². The van der Waals surface area contributed by atoms with Crippen LogP contribution in [0.2, 0.25) is 0 Å². The number of esters is 1. The molecule has 16 heavy (non-hydrogen) atoms. The van der Waals surface area contributed by atoms with Crippen molar-refractivity contribution in [2.45, 2.75) is 20.3 Å². The molecule has 84 valence electrons. The standard InChI is InChI=1S/C10H12N4O2/c1-4-8(15)16-7-5-11-10-9(6(7)2)12-13-14(10)3/h5H,4H2,1-3H3. The number of carbonyl (C=O) groups excluding carboxylic acids is 1. The lowest BCUT2D eigenvalue weighted by Gasteiger charge is -2.05. The molecular formula is C10H12N4O2. The third-order valence-electron chi connectivity index (χ3n) is 2.34. The van der Waals surface area contributed by atoms with E-state index in [2.05, 4.69) is 15.3 Å². The summed E-state index contributed by atoms with van der Waals surface area (Å²) in [5.74, 6) is 0.160. The highest BCUT2D eigenvalue weighted by molar-refractivity contribution is 5.79. The number of pyridine rings is 1. The zero-order valence-electron chi connectivity index (χ0n) is 9.39. The summed E-state index contributed by atoms with van der Waals surface area (Å²) in [5, 5.41) is 7.83. The van der Waals surface area contributed by atoms with Gasteiger partial charge in [-0.15, -0.1) is 5.10 Å². The van der Waals surface area contributed by atoms with Crippen LogP contribution < -0.4 is 4.74 Å². The van der Waals surface area contributed by atoms with Gasteiger partial charge in [0.25, 0.3) is 0 Å². The highest BCUT2D eigenvalue weighted by Crippen LogP contribution is 2.23. The molecule has 0 saturated carbocycles. The first-order chi connectivity index (χ1) is 7.63. The monoisotopic (exact) mass is 220 g/mol. The lowest BCUT2D eigenvalue weighted by Crippen LogP contribution is -2.07. The van der Waals surface area contributed by atoms with Crippen LogP contribution in [0, 0.1) is 6.92 Å². The zero-order chi connectivity index (χ0) is 11.7. The smallest absolute Gasteiger partial charge is 0.310 e. The first-order valence-electron chi connectivity index (χ1n) is 4.99. The van der Waals surface area contributed by atoms with Gasteiger partial charge >= 0.3 is 5.97 Å². The predicted octanol–water partition coefficient (Wildman–Crippen LogP) is 0.987. The van der Waals surface area contributed by atoms with Crippen molar-refractivity contribution in [3.05, 3.63) is 11.8 Å². The second-order valence-corrected chi connectivity index (χ2v) is 3.46. The average molecular weight is 220 g/mol. The van der Waals surface area contributed by atoms with Gasteiger partial charge in [0, 0.05) is 19.0 Å². The zero-order valence-corrected chi connectivity index (χ0v) is 9.39. The van der Waals surface area contributed by atoms with E-state index in [1.807, 2.05) is 6.92 Å². The molecule has 0 bridgehead atoms. The first-order valence-corrected chi connectivity index (χ1v) is 4.99. The van der Waals surface area contributed by atoms with Crippen molar-refractivity contribution in [1.82, 2.24) is 20.0 Å². The second-order valence-electron chi connectivity index (χ2n) is 3.46. The van der Waals surface area contributed by atoms with Crippen LogP contribution in [0.15, 0.2) is 6.20 Å². The number of aryl methyl sites for hydroxylation is 2. The molecule has 0 fully saturated rings. The van der Waals surface area contributed by atoms with Gasteiger partial charge < -0.3 is 4.74 Å². The number of hydrogen-bond donors (Lipinski definition) is 0. The Kier molecular flexibility index (Phi) is 2.55. The number of carbonyl (C=O) groups is 1. The third kappa shape index (κ3) is 1.62. The number of hydrogen-bond acceptors (Lipinski definition) is 5. The summed E-state index contributed by atoms with van der Waals surface area (Å²) in [4.78, 5) is 15.3. The van der Waals surface area contributed by atoms with Crippen LogP contribution in [0.3, 0.4) is 0 Å². The van der Waals surface area contributed by atoms with Gasteiger partial charge in [-0.25, -0.2) is 9.67 Å². The molecule has 6 heteroatoms. The summed E-state index contributed by atoms with van der Waals surface area (Å²) in [6, 6.07) is 0.